The van der Waals surface area contributed by atoms with Gasteiger partial charge in [0, 0.05) is 5.69 Å². The first-order chi connectivity index (χ1) is 9.72. The molecule has 1 heterocycles. The molecular weight excluding hydrogens is 268 g/mol. The van der Waals surface area contributed by atoms with Crippen molar-refractivity contribution < 1.29 is 0 Å². The maximum atomic E-state index is 5.77. The fraction of sp³-hybridized carbons (Fsp3) is 0.0667. The Morgan fingerprint density at radius 1 is 1.20 bits per heavy atom. The second-order valence-electron chi connectivity index (χ2n) is 4.42. The van der Waals surface area contributed by atoms with E-state index in [0.29, 0.717) is 0 Å². The Kier molecular flexibility index (Phi) is 3.35. The van der Waals surface area contributed by atoms with Crippen LogP contribution in [0.15, 0.2) is 53.6 Å². The molecule has 0 saturated carbocycles. The van der Waals surface area contributed by atoms with Crippen molar-refractivity contribution in [2.45, 2.75) is 6.92 Å². The van der Waals surface area contributed by atoms with Gasteiger partial charge in [-0.05, 0) is 36.8 Å². The van der Waals surface area contributed by atoms with Gasteiger partial charge < -0.3 is 5.73 Å². The lowest BCUT2D eigenvalue weighted by Gasteiger charge is -2.02. The number of benzene rings is 2. The standard InChI is InChI=1S/C15H14N4S/c1-10(11-5-4-6-12(16)9-11)18-19-15-17-13-7-2-3-8-14(13)20-15/h2-9H,16H2,1H3,(H,17,19)/b18-10+. The SMILES string of the molecule is C/C(=N\Nc1nc2ccccc2s1)c1cccc(N)c1. The molecule has 0 saturated heterocycles. The minimum Gasteiger partial charge on any atom is -0.399 e. The van der Waals surface area contributed by atoms with E-state index in [9.17, 15) is 0 Å². The molecule has 3 N–H and O–H groups in total. The lowest BCUT2D eigenvalue weighted by molar-refractivity contribution is 1.29. The largest absolute Gasteiger partial charge is 0.399 e. The number of para-hydroxylation sites is 1. The fourth-order valence-electron chi connectivity index (χ4n) is 1.88. The zero-order valence-electron chi connectivity index (χ0n) is 11.0. The molecule has 0 atom stereocenters. The van der Waals surface area contributed by atoms with Crippen LogP contribution in [0.1, 0.15) is 12.5 Å². The smallest absolute Gasteiger partial charge is 0.204 e. The number of hydrazone groups is 1. The minimum atomic E-state index is 0.733. The van der Waals surface area contributed by atoms with Crippen LogP contribution in [0.3, 0.4) is 0 Å². The van der Waals surface area contributed by atoms with Gasteiger partial charge in [0.1, 0.15) is 0 Å². The monoisotopic (exact) mass is 282 g/mol. The number of nitrogen functional groups attached to an aromatic ring is 1. The van der Waals surface area contributed by atoms with Crippen molar-refractivity contribution in [2.75, 3.05) is 11.2 Å². The third kappa shape index (κ3) is 2.62. The van der Waals surface area contributed by atoms with Gasteiger partial charge in [-0.15, -0.1) is 0 Å². The molecule has 0 aliphatic rings. The molecule has 0 amide bonds. The van der Waals surface area contributed by atoms with Crippen molar-refractivity contribution in [3.63, 3.8) is 0 Å². The molecule has 0 unspecified atom stereocenters. The molecule has 100 valence electrons. The lowest BCUT2D eigenvalue weighted by Crippen LogP contribution is -2.00. The zero-order chi connectivity index (χ0) is 13.9. The molecule has 4 nitrogen and oxygen atoms in total. The van der Waals surface area contributed by atoms with Gasteiger partial charge in [-0.1, -0.05) is 35.6 Å². The summed E-state index contributed by atoms with van der Waals surface area (Å²) in [5.41, 5.74) is 12.4. The van der Waals surface area contributed by atoms with Crippen molar-refractivity contribution in [3.05, 3.63) is 54.1 Å². The van der Waals surface area contributed by atoms with E-state index in [-0.39, 0.29) is 0 Å². The normalized spacial score (nSPS) is 11.8. The van der Waals surface area contributed by atoms with Gasteiger partial charge in [0.25, 0.3) is 0 Å². The summed E-state index contributed by atoms with van der Waals surface area (Å²) in [5, 5.41) is 5.15. The molecule has 0 spiro atoms. The summed E-state index contributed by atoms with van der Waals surface area (Å²) in [6, 6.07) is 15.7. The van der Waals surface area contributed by atoms with E-state index in [4.69, 9.17) is 5.73 Å². The van der Waals surface area contributed by atoms with Gasteiger partial charge >= 0.3 is 0 Å². The molecule has 0 fully saturated rings. The van der Waals surface area contributed by atoms with Crippen LogP contribution in [-0.2, 0) is 0 Å². The van der Waals surface area contributed by atoms with Crippen LogP contribution in [0.5, 0.6) is 0 Å². The maximum absolute atomic E-state index is 5.77. The quantitative estimate of drug-likeness (QED) is 0.437. The van der Waals surface area contributed by atoms with E-state index in [2.05, 4.69) is 15.5 Å². The van der Waals surface area contributed by atoms with Gasteiger partial charge in [0.2, 0.25) is 5.13 Å². The first kappa shape index (κ1) is 12.6. The number of rotatable bonds is 3. The molecule has 0 bridgehead atoms. The van der Waals surface area contributed by atoms with Crippen molar-refractivity contribution >= 4 is 38.1 Å². The van der Waals surface area contributed by atoms with Crippen molar-refractivity contribution in [3.8, 4) is 0 Å². The van der Waals surface area contributed by atoms with Crippen LogP contribution in [0.2, 0.25) is 0 Å². The van der Waals surface area contributed by atoms with Crippen LogP contribution >= 0.6 is 11.3 Å². The Balaban J connectivity index is 1.82. The van der Waals surface area contributed by atoms with E-state index in [1.54, 1.807) is 11.3 Å². The van der Waals surface area contributed by atoms with E-state index in [1.165, 1.54) is 0 Å². The summed E-state index contributed by atoms with van der Waals surface area (Å²) >= 11 is 1.58. The predicted octanol–water partition coefficient (Wildman–Crippen LogP) is 3.71. The van der Waals surface area contributed by atoms with Crippen molar-refractivity contribution in [1.29, 1.82) is 0 Å². The molecule has 2 aromatic carbocycles. The predicted molar refractivity (Wildman–Crippen MR) is 86.3 cm³/mol. The first-order valence-electron chi connectivity index (χ1n) is 6.24. The van der Waals surface area contributed by atoms with Gasteiger partial charge in [-0.3, -0.25) is 5.43 Å². The summed E-state index contributed by atoms with van der Waals surface area (Å²) in [5.74, 6) is 0. The number of nitrogens with two attached hydrogens (primary N) is 1. The summed E-state index contributed by atoms with van der Waals surface area (Å²) in [6.45, 7) is 1.94. The minimum absolute atomic E-state index is 0.733. The van der Waals surface area contributed by atoms with Crippen LogP contribution in [-0.4, -0.2) is 10.7 Å². The van der Waals surface area contributed by atoms with Crippen LogP contribution in [0.4, 0.5) is 10.8 Å². The van der Waals surface area contributed by atoms with Crippen LogP contribution in [0, 0.1) is 0 Å². The molecule has 3 aromatic rings. The molecule has 0 aliphatic carbocycles. The topological polar surface area (TPSA) is 63.3 Å². The van der Waals surface area contributed by atoms with Gasteiger partial charge in [-0.25, -0.2) is 4.98 Å². The average molecular weight is 282 g/mol. The van der Waals surface area contributed by atoms with Crippen LogP contribution in [0.25, 0.3) is 10.2 Å². The number of fused-ring (bicyclic) bond motifs is 1. The number of anilines is 2. The van der Waals surface area contributed by atoms with Gasteiger partial charge in [0.15, 0.2) is 0 Å². The molecule has 3 rings (SSSR count). The maximum Gasteiger partial charge on any atom is 0.204 e. The second-order valence-corrected chi connectivity index (χ2v) is 5.45. The van der Waals surface area contributed by atoms with Crippen LogP contribution < -0.4 is 11.2 Å². The third-order valence-electron chi connectivity index (χ3n) is 2.92. The number of thiazole rings is 1. The highest BCUT2D eigenvalue weighted by atomic mass is 32.1. The zero-order valence-corrected chi connectivity index (χ0v) is 11.8. The summed E-state index contributed by atoms with van der Waals surface area (Å²) in [6.07, 6.45) is 0. The number of nitrogens with zero attached hydrogens (tertiary/aromatic N) is 2. The number of nitrogens with one attached hydrogen (secondary N) is 1. The van der Waals surface area contributed by atoms with Gasteiger partial charge in [0.05, 0.1) is 15.9 Å². The highest BCUT2D eigenvalue weighted by Gasteiger charge is 2.02. The Morgan fingerprint density at radius 3 is 2.85 bits per heavy atom. The van der Waals surface area contributed by atoms with Gasteiger partial charge in [-0.2, -0.15) is 5.10 Å². The summed E-state index contributed by atoms with van der Waals surface area (Å²) in [7, 11) is 0. The van der Waals surface area contributed by atoms with Crippen molar-refractivity contribution in [1.82, 2.24) is 4.98 Å². The lowest BCUT2D eigenvalue weighted by atomic mass is 10.1. The number of hydrogen-bond acceptors (Lipinski definition) is 5. The third-order valence-corrected chi connectivity index (χ3v) is 3.86. The highest BCUT2D eigenvalue weighted by molar-refractivity contribution is 7.22. The van der Waals surface area contributed by atoms with Crippen molar-refractivity contribution in [2.24, 2.45) is 5.10 Å². The first-order valence-corrected chi connectivity index (χ1v) is 7.06. The molecule has 0 aliphatic heterocycles. The molecule has 1 aromatic heterocycles. The molecule has 0 radical (unpaired) electrons. The molecular formula is C15H14N4S. The summed E-state index contributed by atoms with van der Waals surface area (Å²) < 4.78 is 1.15. The van der Waals surface area contributed by atoms with E-state index in [0.717, 1.165) is 32.3 Å². The van der Waals surface area contributed by atoms with E-state index >= 15 is 0 Å². The second kappa shape index (κ2) is 5.30. The van der Waals surface area contributed by atoms with E-state index in [1.807, 2.05) is 55.5 Å². The number of hydrogen-bond donors (Lipinski definition) is 2. The average Bonchev–Trinajstić information content (AvgIpc) is 2.87. The Labute approximate surface area is 121 Å². The number of aromatic nitrogens is 1. The highest BCUT2D eigenvalue weighted by Crippen LogP contribution is 2.25. The molecule has 5 heteroatoms. The Morgan fingerprint density at radius 2 is 2.05 bits per heavy atom. The summed E-state index contributed by atoms with van der Waals surface area (Å²) in [4.78, 5) is 4.47. The molecule has 20 heavy (non-hydrogen) atoms. The van der Waals surface area contributed by atoms with E-state index < -0.39 is 0 Å². The Hall–Kier alpha value is -2.40. The fourth-order valence-corrected chi connectivity index (χ4v) is 2.69. The Bertz CT molecular complexity index is 743.